The highest BCUT2D eigenvalue weighted by Gasteiger charge is 2.23. The van der Waals surface area contributed by atoms with Crippen LogP contribution in [0.4, 0.5) is 0 Å². The lowest BCUT2D eigenvalue weighted by molar-refractivity contribution is -0.137. The quantitative estimate of drug-likeness (QED) is 0.776. The minimum absolute atomic E-state index is 0.0197. The molecule has 132 valence electrons. The zero-order chi connectivity index (χ0) is 17.5. The molecule has 0 aliphatic heterocycles. The summed E-state index contributed by atoms with van der Waals surface area (Å²) in [4.78, 5) is 37.6. The van der Waals surface area contributed by atoms with E-state index < -0.39 is 0 Å². The van der Waals surface area contributed by atoms with Crippen LogP contribution in [0.5, 0.6) is 0 Å². The Labute approximate surface area is 139 Å². The van der Waals surface area contributed by atoms with Gasteiger partial charge in [0.1, 0.15) is 0 Å². The molecule has 1 fully saturated rings. The van der Waals surface area contributed by atoms with Crippen LogP contribution in [0, 0.1) is 5.92 Å². The summed E-state index contributed by atoms with van der Waals surface area (Å²) >= 11 is 0. The number of rotatable bonds is 6. The number of hydrogen-bond donors (Lipinski definition) is 2. The van der Waals surface area contributed by atoms with Crippen molar-refractivity contribution in [3.8, 4) is 0 Å². The molecule has 0 heterocycles. The predicted octanol–water partition coefficient (Wildman–Crippen LogP) is 1.45. The molecule has 0 bridgehead atoms. The maximum atomic E-state index is 12.2. The minimum atomic E-state index is -0.325. The third kappa shape index (κ3) is 7.48. The maximum absolute atomic E-state index is 12.2. The first-order valence-corrected chi connectivity index (χ1v) is 8.59. The molecule has 23 heavy (non-hydrogen) atoms. The molecule has 0 saturated heterocycles. The fourth-order valence-electron chi connectivity index (χ4n) is 2.79. The van der Waals surface area contributed by atoms with Gasteiger partial charge in [-0.15, -0.1) is 0 Å². The first-order chi connectivity index (χ1) is 10.7. The lowest BCUT2D eigenvalue weighted by Crippen LogP contribution is -2.49. The number of carbonyl (C=O) groups excluding carboxylic acids is 3. The van der Waals surface area contributed by atoms with Crippen molar-refractivity contribution < 1.29 is 14.4 Å². The van der Waals surface area contributed by atoms with Gasteiger partial charge < -0.3 is 15.5 Å². The van der Waals surface area contributed by atoms with Gasteiger partial charge in [0.25, 0.3) is 0 Å². The first kappa shape index (κ1) is 19.5. The van der Waals surface area contributed by atoms with Gasteiger partial charge in [-0.25, -0.2) is 0 Å². The normalized spacial score (nSPS) is 15.8. The van der Waals surface area contributed by atoms with Crippen LogP contribution in [0.25, 0.3) is 0 Å². The van der Waals surface area contributed by atoms with Gasteiger partial charge in [-0.3, -0.25) is 14.4 Å². The van der Waals surface area contributed by atoms with Gasteiger partial charge in [0.05, 0.1) is 13.1 Å². The van der Waals surface area contributed by atoms with E-state index in [9.17, 15) is 14.4 Å². The van der Waals surface area contributed by atoms with Crippen molar-refractivity contribution in [2.75, 3.05) is 19.6 Å². The van der Waals surface area contributed by atoms with Gasteiger partial charge in [-0.05, 0) is 40.5 Å². The van der Waals surface area contributed by atoms with E-state index in [1.165, 1.54) is 11.3 Å². The Morgan fingerprint density at radius 3 is 2.22 bits per heavy atom. The van der Waals surface area contributed by atoms with Crippen molar-refractivity contribution >= 4 is 17.7 Å². The van der Waals surface area contributed by atoms with E-state index in [4.69, 9.17) is 0 Å². The molecule has 1 aliphatic carbocycles. The summed E-state index contributed by atoms with van der Waals surface area (Å²) in [5, 5.41) is 5.56. The fourth-order valence-corrected chi connectivity index (χ4v) is 2.79. The Hall–Kier alpha value is -1.59. The molecular formula is C17H31N3O3. The zero-order valence-corrected chi connectivity index (χ0v) is 14.9. The molecule has 1 rings (SSSR count). The van der Waals surface area contributed by atoms with Crippen LogP contribution < -0.4 is 10.6 Å². The second kappa shape index (κ2) is 8.89. The van der Waals surface area contributed by atoms with Crippen molar-refractivity contribution in [1.82, 2.24) is 15.5 Å². The smallest absolute Gasteiger partial charge is 0.242 e. The lowest BCUT2D eigenvalue weighted by Gasteiger charge is -2.25. The Morgan fingerprint density at radius 2 is 1.70 bits per heavy atom. The summed E-state index contributed by atoms with van der Waals surface area (Å²) < 4.78 is 0. The van der Waals surface area contributed by atoms with Gasteiger partial charge in [-0.2, -0.15) is 0 Å². The Morgan fingerprint density at radius 1 is 1.09 bits per heavy atom. The third-order valence-corrected chi connectivity index (χ3v) is 3.97. The van der Waals surface area contributed by atoms with Gasteiger partial charge in [0.15, 0.2) is 0 Å². The zero-order valence-electron chi connectivity index (χ0n) is 14.9. The number of carbonyl (C=O) groups is 3. The molecule has 2 N–H and O–H groups in total. The van der Waals surface area contributed by atoms with Crippen LogP contribution in [0.15, 0.2) is 0 Å². The van der Waals surface area contributed by atoms with E-state index >= 15 is 0 Å². The summed E-state index contributed by atoms with van der Waals surface area (Å²) in [7, 11) is 0. The molecule has 0 radical (unpaired) electrons. The SMILES string of the molecule is CCN(CC(=O)NC(C)(C)C)C(=O)CNC(=O)C1CCCCC1. The highest BCUT2D eigenvalue weighted by molar-refractivity contribution is 5.89. The highest BCUT2D eigenvalue weighted by atomic mass is 16.2. The number of likely N-dealkylation sites (N-methyl/N-ethyl adjacent to an activating group) is 1. The molecule has 1 aliphatic rings. The molecule has 6 nitrogen and oxygen atoms in total. The summed E-state index contributed by atoms with van der Waals surface area (Å²) in [6.45, 7) is 7.94. The first-order valence-electron chi connectivity index (χ1n) is 8.59. The van der Waals surface area contributed by atoms with Crippen molar-refractivity contribution in [2.45, 2.75) is 65.3 Å². The van der Waals surface area contributed by atoms with Crippen molar-refractivity contribution in [1.29, 1.82) is 0 Å². The topological polar surface area (TPSA) is 78.5 Å². The third-order valence-electron chi connectivity index (χ3n) is 3.97. The molecule has 0 unspecified atom stereocenters. The van der Waals surface area contributed by atoms with Crippen LogP contribution in [-0.2, 0) is 14.4 Å². The van der Waals surface area contributed by atoms with E-state index in [0.29, 0.717) is 6.54 Å². The average Bonchev–Trinajstić information content (AvgIpc) is 2.49. The second-order valence-corrected chi connectivity index (χ2v) is 7.26. The number of hydrogen-bond acceptors (Lipinski definition) is 3. The summed E-state index contributed by atoms with van der Waals surface area (Å²) in [6, 6.07) is 0. The van der Waals surface area contributed by atoms with E-state index in [1.54, 1.807) is 0 Å². The molecule has 0 atom stereocenters. The molecule has 6 heteroatoms. The Balaban J connectivity index is 2.40. The predicted molar refractivity (Wildman–Crippen MR) is 89.7 cm³/mol. The van der Waals surface area contributed by atoms with Crippen LogP contribution >= 0.6 is 0 Å². The fraction of sp³-hybridized carbons (Fsp3) is 0.824. The number of amides is 3. The van der Waals surface area contributed by atoms with E-state index in [2.05, 4.69) is 10.6 Å². The van der Waals surface area contributed by atoms with Gasteiger partial charge >= 0.3 is 0 Å². The van der Waals surface area contributed by atoms with Crippen LogP contribution in [-0.4, -0.2) is 47.8 Å². The minimum Gasteiger partial charge on any atom is -0.350 e. The highest BCUT2D eigenvalue weighted by Crippen LogP contribution is 2.23. The van der Waals surface area contributed by atoms with E-state index in [1.807, 2.05) is 27.7 Å². The number of nitrogens with one attached hydrogen (secondary N) is 2. The monoisotopic (exact) mass is 325 g/mol. The summed E-state index contributed by atoms with van der Waals surface area (Å²) in [6.07, 6.45) is 5.17. The van der Waals surface area contributed by atoms with Crippen LogP contribution in [0.3, 0.4) is 0 Å². The van der Waals surface area contributed by atoms with Crippen LogP contribution in [0.2, 0.25) is 0 Å². The average molecular weight is 325 g/mol. The Kier molecular flexibility index (Phi) is 7.52. The molecule has 0 aromatic carbocycles. The van der Waals surface area contributed by atoms with E-state index in [0.717, 1.165) is 25.7 Å². The molecule has 3 amide bonds. The second-order valence-electron chi connectivity index (χ2n) is 7.26. The lowest BCUT2D eigenvalue weighted by atomic mass is 9.89. The molecule has 0 aromatic heterocycles. The maximum Gasteiger partial charge on any atom is 0.242 e. The Bertz CT molecular complexity index is 423. The van der Waals surface area contributed by atoms with Gasteiger partial charge in [0.2, 0.25) is 17.7 Å². The summed E-state index contributed by atoms with van der Waals surface area (Å²) in [5.41, 5.74) is -0.325. The van der Waals surface area contributed by atoms with Gasteiger partial charge in [-0.1, -0.05) is 19.3 Å². The number of nitrogens with zero attached hydrogens (tertiary/aromatic N) is 1. The standard InChI is InChI=1S/C17H31N3O3/c1-5-20(12-14(21)19-17(2,3)4)15(22)11-18-16(23)13-9-7-6-8-10-13/h13H,5-12H2,1-4H3,(H,18,23)(H,19,21). The van der Waals surface area contributed by atoms with Crippen molar-refractivity contribution in [2.24, 2.45) is 5.92 Å². The largest absolute Gasteiger partial charge is 0.350 e. The summed E-state index contributed by atoms with van der Waals surface area (Å²) in [5.74, 6) is -0.406. The van der Waals surface area contributed by atoms with Crippen molar-refractivity contribution in [3.63, 3.8) is 0 Å². The van der Waals surface area contributed by atoms with Crippen LogP contribution in [0.1, 0.15) is 59.8 Å². The molecular weight excluding hydrogens is 294 g/mol. The molecule has 0 spiro atoms. The van der Waals surface area contributed by atoms with Gasteiger partial charge in [0, 0.05) is 18.0 Å². The molecule has 1 saturated carbocycles. The molecule has 0 aromatic rings. The van der Waals surface area contributed by atoms with E-state index in [-0.39, 0.29) is 42.3 Å². The van der Waals surface area contributed by atoms with Crippen molar-refractivity contribution in [3.05, 3.63) is 0 Å².